The van der Waals surface area contributed by atoms with Gasteiger partial charge in [0.25, 0.3) is 0 Å². The summed E-state index contributed by atoms with van der Waals surface area (Å²) in [5, 5.41) is 0. The summed E-state index contributed by atoms with van der Waals surface area (Å²) in [7, 11) is 2.27. The van der Waals surface area contributed by atoms with Gasteiger partial charge in [0.15, 0.2) is 0 Å². The average Bonchev–Trinajstić information content (AvgIpc) is 2.56. The van der Waals surface area contributed by atoms with Gasteiger partial charge in [-0.15, -0.1) is 0 Å². The Labute approximate surface area is 155 Å². The molecule has 0 saturated carbocycles. The zero-order valence-electron chi connectivity index (χ0n) is 16.8. The van der Waals surface area contributed by atoms with E-state index in [4.69, 9.17) is 0 Å². The summed E-state index contributed by atoms with van der Waals surface area (Å²) in [4.78, 5) is 7.82. The van der Waals surface area contributed by atoms with Crippen molar-refractivity contribution >= 4 is 0 Å². The number of hydrogen-bond acceptors (Lipinski definition) is 3. The van der Waals surface area contributed by atoms with Crippen molar-refractivity contribution in [3.63, 3.8) is 0 Å². The Morgan fingerprint density at radius 2 is 1.56 bits per heavy atom. The van der Waals surface area contributed by atoms with E-state index in [1.54, 1.807) is 0 Å². The quantitative estimate of drug-likeness (QED) is 0.829. The third-order valence-electron chi connectivity index (χ3n) is 5.93. The van der Waals surface area contributed by atoms with Crippen molar-refractivity contribution in [3.05, 3.63) is 35.4 Å². The number of piperidine rings is 1. The Bertz CT molecular complexity index is 523. The summed E-state index contributed by atoms with van der Waals surface area (Å²) in [6, 6.07) is 9.27. The lowest BCUT2D eigenvalue weighted by atomic mass is 9.87. The average molecular weight is 344 g/mol. The fourth-order valence-corrected chi connectivity index (χ4v) is 4.29. The fourth-order valence-electron chi connectivity index (χ4n) is 4.29. The number of hydrogen-bond donors (Lipinski definition) is 0. The molecule has 3 heteroatoms. The maximum Gasteiger partial charge on any atom is 0.0234 e. The minimum Gasteiger partial charge on any atom is -0.306 e. The smallest absolute Gasteiger partial charge is 0.0234 e. The molecule has 140 valence electrons. The van der Waals surface area contributed by atoms with Crippen LogP contribution in [0.1, 0.15) is 44.7 Å². The second kappa shape index (κ2) is 8.20. The minimum absolute atomic E-state index is 0.247. The molecule has 1 unspecified atom stereocenters. The third kappa shape index (κ3) is 5.54. The Kier molecular flexibility index (Phi) is 6.19. The topological polar surface area (TPSA) is 9.72 Å². The van der Waals surface area contributed by atoms with Crippen LogP contribution in [-0.4, -0.2) is 67.6 Å². The molecule has 1 aromatic carbocycles. The molecule has 2 aliphatic heterocycles. The molecule has 0 aliphatic carbocycles. The summed E-state index contributed by atoms with van der Waals surface area (Å²) in [6.45, 7) is 16.7. The van der Waals surface area contributed by atoms with E-state index in [0.717, 1.165) is 12.5 Å². The van der Waals surface area contributed by atoms with Gasteiger partial charge in [-0.2, -0.15) is 0 Å². The van der Waals surface area contributed by atoms with Crippen molar-refractivity contribution in [2.24, 2.45) is 5.92 Å². The van der Waals surface area contributed by atoms with Gasteiger partial charge in [-0.1, -0.05) is 45.0 Å². The number of benzene rings is 1. The molecule has 25 heavy (non-hydrogen) atoms. The molecule has 2 fully saturated rings. The van der Waals surface area contributed by atoms with Crippen LogP contribution in [0.4, 0.5) is 0 Å². The van der Waals surface area contributed by atoms with Gasteiger partial charge >= 0.3 is 0 Å². The Morgan fingerprint density at radius 3 is 2.16 bits per heavy atom. The highest BCUT2D eigenvalue weighted by atomic mass is 15.3. The Morgan fingerprint density at radius 1 is 0.920 bits per heavy atom. The summed E-state index contributed by atoms with van der Waals surface area (Å²) in [6.07, 6.45) is 2.80. The highest BCUT2D eigenvalue weighted by molar-refractivity contribution is 5.27. The number of rotatable bonds is 4. The zero-order chi connectivity index (χ0) is 17.9. The van der Waals surface area contributed by atoms with Gasteiger partial charge in [-0.3, -0.25) is 4.90 Å². The molecule has 0 spiro atoms. The van der Waals surface area contributed by atoms with E-state index in [1.165, 1.54) is 69.8 Å². The maximum atomic E-state index is 2.70. The molecule has 2 heterocycles. The molecule has 2 aliphatic rings. The van der Waals surface area contributed by atoms with E-state index in [0.29, 0.717) is 0 Å². The van der Waals surface area contributed by atoms with E-state index >= 15 is 0 Å². The summed E-state index contributed by atoms with van der Waals surface area (Å²) in [5.74, 6) is 0.884. The largest absolute Gasteiger partial charge is 0.306 e. The molecule has 0 N–H and O–H groups in total. The predicted molar refractivity (Wildman–Crippen MR) is 107 cm³/mol. The Balaban J connectivity index is 1.43. The number of likely N-dealkylation sites (tertiary alicyclic amines) is 1. The first-order valence-corrected chi connectivity index (χ1v) is 10.1. The highest BCUT2D eigenvalue weighted by Crippen LogP contribution is 2.23. The van der Waals surface area contributed by atoms with Gasteiger partial charge in [0.2, 0.25) is 0 Å². The van der Waals surface area contributed by atoms with Gasteiger partial charge in [0.05, 0.1) is 0 Å². The van der Waals surface area contributed by atoms with E-state index in [9.17, 15) is 0 Å². The highest BCUT2D eigenvalue weighted by Gasteiger charge is 2.23. The lowest BCUT2D eigenvalue weighted by Gasteiger charge is -2.38. The second-order valence-corrected chi connectivity index (χ2v) is 9.29. The maximum absolute atomic E-state index is 2.70. The third-order valence-corrected chi connectivity index (χ3v) is 5.93. The summed E-state index contributed by atoms with van der Waals surface area (Å²) >= 11 is 0. The first kappa shape index (κ1) is 18.9. The SMILES string of the molecule is CN1CCCC(CN2CCN(Cc3ccc(C(C)(C)C)cc3)CC2)C1. The normalized spacial score (nSPS) is 24.6. The van der Waals surface area contributed by atoms with E-state index in [2.05, 4.69) is 66.8 Å². The minimum atomic E-state index is 0.247. The molecule has 2 saturated heterocycles. The van der Waals surface area contributed by atoms with Gasteiger partial charge in [-0.05, 0) is 48.9 Å². The van der Waals surface area contributed by atoms with Crippen LogP contribution in [0.15, 0.2) is 24.3 Å². The van der Waals surface area contributed by atoms with Crippen molar-refractivity contribution in [2.45, 2.75) is 45.6 Å². The van der Waals surface area contributed by atoms with Crippen LogP contribution in [0.5, 0.6) is 0 Å². The van der Waals surface area contributed by atoms with Crippen LogP contribution in [0.3, 0.4) is 0 Å². The Hall–Kier alpha value is -0.900. The molecule has 1 aromatic rings. The molecule has 0 bridgehead atoms. The van der Waals surface area contributed by atoms with Gasteiger partial charge in [0, 0.05) is 45.8 Å². The summed E-state index contributed by atoms with van der Waals surface area (Å²) < 4.78 is 0. The van der Waals surface area contributed by atoms with E-state index < -0.39 is 0 Å². The van der Waals surface area contributed by atoms with E-state index in [-0.39, 0.29) is 5.41 Å². The van der Waals surface area contributed by atoms with Crippen molar-refractivity contribution in [3.8, 4) is 0 Å². The van der Waals surface area contributed by atoms with Crippen molar-refractivity contribution in [1.29, 1.82) is 0 Å². The molecule has 0 aromatic heterocycles. The van der Waals surface area contributed by atoms with E-state index in [1.807, 2.05) is 0 Å². The molecule has 0 amide bonds. The van der Waals surface area contributed by atoms with Crippen LogP contribution < -0.4 is 0 Å². The number of nitrogens with zero attached hydrogens (tertiary/aromatic N) is 3. The molecule has 3 rings (SSSR count). The van der Waals surface area contributed by atoms with Crippen molar-refractivity contribution in [1.82, 2.24) is 14.7 Å². The molecular weight excluding hydrogens is 306 g/mol. The fraction of sp³-hybridized carbons (Fsp3) is 0.727. The van der Waals surface area contributed by atoms with Crippen molar-refractivity contribution in [2.75, 3.05) is 52.9 Å². The van der Waals surface area contributed by atoms with Crippen LogP contribution in [0.25, 0.3) is 0 Å². The number of piperazine rings is 1. The lowest BCUT2D eigenvalue weighted by Crippen LogP contribution is -2.48. The molecule has 0 radical (unpaired) electrons. The predicted octanol–water partition coefficient (Wildman–Crippen LogP) is 3.44. The van der Waals surface area contributed by atoms with Gasteiger partial charge in [-0.25, -0.2) is 0 Å². The zero-order valence-corrected chi connectivity index (χ0v) is 16.8. The van der Waals surface area contributed by atoms with Crippen LogP contribution in [0, 0.1) is 5.92 Å². The molecular formula is C22H37N3. The van der Waals surface area contributed by atoms with Crippen LogP contribution in [0.2, 0.25) is 0 Å². The van der Waals surface area contributed by atoms with Gasteiger partial charge in [0.1, 0.15) is 0 Å². The summed E-state index contributed by atoms with van der Waals surface area (Å²) in [5.41, 5.74) is 3.13. The monoisotopic (exact) mass is 343 g/mol. The lowest BCUT2D eigenvalue weighted by molar-refractivity contribution is 0.0930. The first-order chi connectivity index (χ1) is 11.9. The van der Waals surface area contributed by atoms with Gasteiger partial charge < -0.3 is 9.80 Å². The van der Waals surface area contributed by atoms with Crippen molar-refractivity contribution < 1.29 is 0 Å². The van der Waals surface area contributed by atoms with Crippen LogP contribution >= 0.6 is 0 Å². The standard InChI is InChI=1S/C22H37N3/c1-22(2,3)21-9-7-19(8-10-21)17-24-12-14-25(15-13-24)18-20-6-5-11-23(4)16-20/h7-10,20H,5-6,11-18H2,1-4H3. The second-order valence-electron chi connectivity index (χ2n) is 9.29. The molecule has 3 nitrogen and oxygen atoms in total. The first-order valence-electron chi connectivity index (χ1n) is 10.1. The van der Waals surface area contributed by atoms with Crippen LogP contribution in [-0.2, 0) is 12.0 Å². The molecule has 1 atom stereocenters.